The van der Waals surface area contributed by atoms with Crippen molar-refractivity contribution < 1.29 is 18.4 Å². The standard InChI is InChI=1S/C31H39F2N7O2/c1-37-13-15-39(16-14-37)24-8-11-38(12-9-24)25-6-7-26(28(19-25)41-2)36-29-20-30(35-21-34-29)40-27(10-17-42-40)22-4-3-5-23(18-22)31(32)33/h3-7,18-21,24,27,31H,8-17H2,1-2H3,(H,34,35,36)/t27-/m0/s1. The van der Waals surface area contributed by atoms with Crippen LogP contribution in [0.3, 0.4) is 0 Å². The predicted octanol–water partition coefficient (Wildman–Crippen LogP) is 5.27. The molecule has 2 aromatic carbocycles. The topological polar surface area (TPSA) is 69.2 Å². The molecule has 0 bridgehead atoms. The highest BCUT2D eigenvalue weighted by Crippen LogP contribution is 2.37. The smallest absolute Gasteiger partial charge is 0.263 e. The van der Waals surface area contributed by atoms with E-state index in [9.17, 15) is 8.78 Å². The monoisotopic (exact) mass is 579 g/mol. The third-order valence-electron chi connectivity index (χ3n) is 8.66. The van der Waals surface area contributed by atoms with Crippen molar-refractivity contribution in [3.63, 3.8) is 0 Å². The van der Waals surface area contributed by atoms with Gasteiger partial charge in [0.15, 0.2) is 5.82 Å². The third-order valence-corrected chi connectivity index (χ3v) is 8.66. The van der Waals surface area contributed by atoms with Crippen molar-refractivity contribution in [1.82, 2.24) is 19.8 Å². The van der Waals surface area contributed by atoms with Crippen LogP contribution in [-0.4, -0.2) is 85.8 Å². The minimum atomic E-state index is -2.52. The molecule has 9 nitrogen and oxygen atoms in total. The number of nitrogens with zero attached hydrogens (tertiary/aromatic N) is 6. The zero-order valence-corrected chi connectivity index (χ0v) is 24.3. The highest BCUT2D eigenvalue weighted by Gasteiger charge is 2.30. The van der Waals surface area contributed by atoms with Crippen LogP contribution in [0, 0.1) is 0 Å². The summed E-state index contributed by atoms with van der Waals surface area (Å²) in [5, 5.41) is 5.05. The van der Waals surface area contributed by atoms with Gasteiger partial charge in [-0.3, -0.25) is 9.74 Å². The number of likely N-dealkylation sites (N-methyl/N-ethyl adjacent to an activating group) is 1. The number of alkyl halides is 2. The van der Waals surface area contributed by atoms with E-state index in [0.717, 1.165) is 62.0 Å². The molecule has 11 heteroatoms. The Morgan fingerprint density at radius 1 is 0.952 bits per heavy atom. The van der Waals surface area contributed by atoms with E-state index in [1.54, 1.807) is 30.4 Å². The Hall–Kier alpha value is -3.54. The number of anilines is 4. The van der Waals surface area contributed by atoms with E-state index >= 15 is 0 Å². The van der Waals surface area contributed by atoms with E-state index in [1.807, 2.05) is 12.1 Å². The van der Waals surface area contributed by atoms with Crippen molar-refractivity contribution >= 4 is 23.0 Å². The van der Waals surface area contributed by atoms with Gasteiger partial charge < -0.3 is 19.9 Å². The number of methoxy groups -OCH3 is 1. The van der Waals surface area contributed by atoms with Gasteiger partial charge in [0.25, 0.3) is 6.43 Å². The molecule has 0 amide bonds. The normalized spacial score (nSPS) is 20.8. The first-order chi connectivity index (χ1) is 20.5. The first-order valence-corrected chi connectivity index (χ1v) is 14.7. The van der Waals surface area contributed by atoms with Crippen LogP contribution in [0.25, 0.3) is 0 Å². The molecule has 4 heterocycles. The summed E-state index contributed by atoms with van der Waals surface area (Å²) < 4.78 is 32.4. The van der Waals surface area contributed by atoms with Gasteiger partial charge in [0.2, 0.25) is 0 Å². The summed E-state index contributed by atoms with van der Waals surface area (Å²) in [6.45, 7) is 7.16. The third kappa shape index (κ3) is 6.28. The van der Waals surface area contributed by atoms with Crippen molar-refractivity contribution in [2.24, 2.45) is 0 Å². The highest BCUT2D eigenvalue weighted by atomic mass is 19.3. The van der Waals surface area contributed by atoms with E-state index in [-0.39, 0.29) is 11.6 Å². The van der Waals surface area contributed by atoms with Crippen molar-refractivity contribution in [3.8, 4) is 5.75 Å². The van der Waals surface area contributed by atoms with Crippen LogP contribution in [0.15, 0.2) is 54.9 Å². The van der Waals surface area contributed by atoms with Crippen LogP contribution in [0.1, 0.15) is 42.9 Å². The lowest BCUT2D eigenvalue weighted by molar-refractivity contribution is 0.0982. The molecule has 1 aromatic heterocycles. The van der Waals surface area contributed by atoms with E-state index in [4.69, 9.17) is 9.57 Å². The van der Waals surface area contributed by atoms with Crippen molar-refractivity contribution in [2.45, 2.75) is 37.8 Å². The van der Waals surface area contributed by atoms with Crippen LogP contribution in [0.5, 0.6) is 5.75 Å². The summed E-state index contributed by atoms with van der Waals surface area (Å²) in [4.78, 5) is 22.2. The molecule has 0 aliphatic carbocycles. The van der Waals surface area contributed by atoms with Gasteiger partial charge in [-0.2, -0.15) is 0 Å². The highest BCUT2D eigenvalue weighted by molar-refractivity contribution is 5.70. The first kappa shape index (κ1) is 28.6. The number of benzene rings is 2. The van der Waals surface area contributed by atoms with E-state index in [2.05, 4.69) is 49.2 Å². The van der Waals surface area contributed by atoms with Crippen LogP contribution < -0.4 is 20.0 Å². The second-order valence-electron chi connectivity index (χ2n) is 11.3. The van der Waals surface area contributed by atoms with E-state index < -0.39 is 6.43 Å². The van der Waals surface area contributed by atoms with Crippen molar-refractivity contribution in [2.75, 3.05) is 75.3 Å². The lowest BCUT2D eigenvalue weighted by atomic mass is 10.0. The maximum absolute atomic E-state index is 13.3. The van der Waals surface area contributed by atoms with E-state index in [0.29, 0.717) is 30.7 Å². The zero-order valence-electron chi connectivity index (χ0n) is 24.3. The summed E-state index contributed by atoms with van der Waals surface area (Å²) >= 11 is 0. The number of hydroxylamine groups is 1. The Bertz CT molecular complexity index is 1350. The molecule has 0 unspecified atom stereocenters. The van der Waals surface area contributed by atoms with Gasteiger partial charge in [0.05, 0.1) is 25.4 Å². The van der Waals surface area contributed by atoms with Crippen LogP contribution >= 0.6 is 0 Å². The molecule has 224 valence electrons. The second kappa shape index (κ2) is 12.8. The van der Waals surface area contributed by atoms with Crippen LogP contribution in [0.2, 0.25) is 0 Å². The molecule has 6 rings (SSSR count). The Morgan fingerprint density at radius 2 is 1.76 bits per heavy atom. The molecule has 0 spiro atoms. The number of hydrogen-bond acceptors (Lipinski definition) is 9. The number of rotatable bonds is 8. The van der Waals surface area contributed by atoms with Crippen molar-refractivity contribution in [3.05, 3.63) is 66.0 Å². The average molecular weight is 580 g/mol. The van der Waals surface area contributed by atoms with Gasteiger partial charge >= 0.3 is 0 Å². The number of piperazine rings is 1. The van der Waals surface area contributed by atoms with Gasteiger partial charge in [-0.15, -0.1) is 0 Å². The minimum Gasteiger partial charge on any atom is -0.494 e. The molecule has 42 heavy (non-hydrogen) atoms. The van der Waals surface area contributed by atoms with Gasteiger partial charge in [-0.1, -0.05) is 18.2 Å². The number of nitrogens with one attached hydrogen (secondary N) is 1. The molecular formula is C31H39F2N7O2. The molecule has 0 saturated carbocycles. The fraction of sp³-hybridized carbons (Fsp3) is 0.484. The predicted molar refractivity (Wildman–Crippen MR) is 160 cm³/mol. The minimum absolute atomic E-state index is 0.000614. The molecule has 3 aromatic rings. The van der Waals surface area contributed by atoms with Crippen LogP contribution in [-0.2, 0) is 4.84 Å². The maximum Gasteiger partial charge on any atom is 0.263 e. The molecule has 3 saturated heterocycles. The Labute approximate surface area is 246 Å². The summed E-state index contributed by atoms with van der Waals surface area (Å²) in [5.74, 6) is 1.86. The van der Waals surface area contributed by atoms with Gasteiger partial charge in [0, 0.05) is 75.1 Å². The summed E-state index contributed by atoms with van der Waals surface area (Å²) in [6, 6.07) is 15.0. The van der Waals surface area contributed by atoms with Gasteiger partial charge in [-0.25, -0.2) is 23.8 Å². The molecule has 3 fully saturated rings. The molecule has 1 N–H and O–H groups in total. The maximum atomic E-state index is 13.3. The van der Waals surface area contributed by atoms with Crippen molar-refractivity contribution in [1.29, 1.82) is 0 Å². The number of piperidine rings is 1. The number of halogens is 2. The van der Waals surface area contributed by atoms with Crippen LogP contribution in [0.4, 0.5) is 31.8 Å². The number of hydrogen-bond donors (Lipinski definition) is 1. The van der Waals surface area contributed by atoms with Gasteiger partial charge in [-0.05, 0) is 43.7 Å². The Balaban J connectivity index is 1.12. The second-order valence-corrected chi connectivity index (χ2v) is 11.3. The quantitative estimate of drug-likeness (QED) is 0.385. The largest absolute Gasteiger partial charge is 0.494 e. The lowest BCUT2D eigenvalue weighted by Crippen LogP contribution is -2.52. The molecule has 0 radical (unpaired) electrons. The molecule has 1 atom stereocenters. The fourth-order valence-electron chi connectivity index (χ4n) is 6.23. The Morgan fingerprint density at radius 3 is 2.52 bits per heavy atom. The summed E-state index contributed by atoms with van der Waals surface area (Å²) in [5.41, 5.74) is 2.71. The fourth-order valence-corrected chi connectivity index (χ4v) is 6.23. The average Bonchev–Trinajstić information content (AvgIpc) is 3.52. The number of ether oxygens (including phenoxy) is 1. The summed E-state index contributed by atoms with van der Waals surface area (Å²) in [7, 11) is 3.87. The van der Waals surface area contributed by atoms with Gasteiger partial charge in [0.1, 0.15) is 17.9 Å². The van der Waals surface area contributed by atoms with E-state index in [1.165, 1.54) is 25.2 Å². The SMILES string of the molecule is COc1cc(N2CCC(N3CCN(C)CC3)CC2)ccc1Nc1cc(N2OCC[C@H]2c2cccc(C(F)F)c2)ncn1. The number of aromatic nitrogens is 2. The summed E-state index contributed by atoms with van der Waals surface area (Å²) in [6.07, 6.45) is 1.95. The zero-order chi connectivity index (χ0) is 29.1. The lowest BCUT2D eigenvalue weighted by Gasteiger charge is -2.42. The molecular weight excluding hydrogens is 540 g/mol. The first-order valence-electron chi connectivity index (χ1n) is 14.7. The Kier molecular flexibility index (Phi) is 8.68. The molecule has 3 aliphatic rings. The molecule has 3 aliphatic heterocycles.